The summed E-state index contributed by atoms with van der Waals surface area (Å²) in [4.78, 5) is 10.9. The zero-order valence-electron chi connectivity index (χ0n) is 14.2. The fourth-order valence-corrected chi connectivity index (χ4v) is 2.94. The van der Waals surface area contributed by atoms with Crippen molar-refractivity contribution in [2.45, 2.75) is 18.3 Å². The summed E-state index contributed by atoms with van der Waals surface area (Å²) >= 11 is 2.52. The number of rotatable bonds is 4. The number of halogens is 10. The molecule has 0 saturated carbocycles. The third-order valence-corrected chi connectivity index (χ3v) is 4.44. The standard InChI is InChI=1S/C18H8BrF9O2/c19-12-4-8(5-14(21)15(12)22)10(17(23,24)25)6-13(20)7-1-2-9(16(29)30)11(3-7)18(26,27)28/h1-6,10H,(H,29,30). The number of alkyl halides is 6. The first-order valence-electron chi connectivity index (χ1n) is 7.66. The topological polar surface area (TPSA) is 37.3 Å². The van der Waals surface area contributed by atoms with E-state index in [2.05, 4.69) is 15.9 Å². The molecular weight excluding hydrogens is 499 g/mol. The van der Waals surface area contributed by atoms with Crippen LogP contribution in [0.1, 0.15) is 33.0 Å². The highest BCUT2D eigenvalue weighted by Crippen LogP contribution is 2.41. The van der Waals surface area contributed by atoms with Crippen LogP contribution >= 0.6 is 15.9 Å². The summed E-state index contributed by atoms with van der Waals surface area (Å²) in [5.74, 6) is -9.73. The third kappa shape index (κ3) is 5.15. The molecule has 0 amide bonds. The van der Waals surface area contributed by atoms with Gasteiger partial charge in [-0.3, -0.25) is 0 Å². The van der Waals surface area contributed by atoms with E-state index in [9.17, 15) is 44.3 Å². The molecule has 0 radical (unpaired) electrons. The number of hydrogen-bond donors (Lipinski definition) is 1. The molecule has 1 unspecified atom stereocenters. The van der Waals surface area contributed by atoms with E-state index in [1.165, 1.54) is 0 Å². The first-order chi connectivity index (χ1) is 13.6. The zero-order valence-corrected chi connectivity index (χ0v) is 15.8. The average molecular weight is 507 g/mol. The third-order valence-electron chi connectivity index (χ3n) is 3.86. The van der Waals surface area contributed by atoms with Gasteiger partial charge in [-0.05, 0) is 51.8 Å². The SMILES string of the molecule is O=C(O)c1ccc(C(F)=CC(c2cc(F)c(F)c(Br)c2)C(F)(F)F)cc1C(F)(F)F. The van der Waals surface area contributed by atoms with Crippen molar-refractivity contribution in [2.75, 3.05) is 0 Å². The lowest BCUT2D eigenvalue weighted by molar-refractivity contribution is -0.140. The summed E-state index contributed by atoms with van der Waals surface area (Å²) < 4.78 is 120. The maximum atomic E-state index is 14.4. The van der Waals surface area contributed by atoms with E-state index in [1.54, 1.807) is 0 Å². The van der Waals surface area contributed by atoms with Gasteiger partial charge in [0.1, 0.15) is 11.7 Å². The molecule has 0 saturated heterocycles. The summed E-state index contributed by atoms with van der Waals surface area (Å²) in [6.45, 7) is 0. The van der Waals surface area contributed by atoms with Crippen LogP contribution in [-0.2, 0) is 6.18 Å². The van der Waals surface area contributed by atoms with E-state index < -0.39 is 68.4 Å². The van der Waals surface area contributed by atoms with E-state index in [-0.39, 0.29) is 18.2 Å². The van der Waals surface area contributed by atoms with Crippen LogP contribution in [0.4, 0.5) is 39.5 Å². The van der Waals surface area contributed by atoms with Crippen LogP contribution in [-0.4, -0.2) is 17.3 Å². The van der Waals surface area contributed by atoms with E-state index >= 15 is 0 Å². The number of carboxylic acids is 1. The molecule has 2 nitrogen and oxygen atoms in total. The monoisotopic (exact) mass is 506 g/mol. The molecule has 2 rings (SSSR count). The van der Waals surface area contributed by atoms with Crippen LogP contribution in [0.25, 0.3) is 5.83 Å². The van der Waals surface area contributed by atoms with Crippen molar-refractivity contribution in [3.63, 3.8) is 0 Å². The van der Waals surface area contributed by atoms with Crippen LogP contribution < -0.4 is 0 Å². The highest BCUT2D eigenvalue weighted by molar-refractivity contribution is 9.10. The first kappa shape index (κ1) is 23.8. The van der Waals surface area contributed by atoms with Crippen LogP contribution in [0.15, 0.2) is 40.9 Å². The number of aromatic carboxylic acids is 1. The summed E-state index contributed by atoms with van der Waals surface area (Å²) in [6, 6.07) is 1.72. The minimum absolute atomic E-state index is 0.0455. The fourth-order valence-electron chi connectivity index (χ4n) is 2.49. The van der Waals surface area contributed by atoms with Crippen molar-refractivity contribution in [1.29, 1.82) is 0 Å². The van der Waals surface area contributed by atoms with E-state index in [1.807, 2.05) is 0 Å². The van der Waals surface area contributed by atoms with Gasteiger partial charge in [0.15, 0.2) is 11.6 Å². The Morgan fingerprint density at radius 3 is 2.10 bits per heavy atom. The van der Waals surface area contributed by atoms with E-state index in [4.69, 9.17) is 5.11 Å². The first-order valence-corrected chi connectivity index (χ1v) is 8.45. The van der Waals surface area contributed by atoms with Crippen LogP contribution in [0.5, 0.6) is 0 Å². The zero-order chi connectivity index (χ0) is 23.0. The number of hydrogen-bond acceptors (Lipinski definition) is 1. The quantitative estimate of drug-likeness (QED) is 0.354. The van der Waals surface area contributed by atoms with Gasteiger partial charge in [0, 0.05) is 5.56 Å². The second kappa shape index (κ2) is 8.32. The Morgan fingerprint density at radius 2 is 1.63 bits per heavy atom. The second-order valence-corrected chi connectivity index (χ2v) is 6.75. The van der Waals surface area contributed by atoms with Crippen LogP contribution in [0.2, 0.25) is 0 Å². The Hall–Kier alpha value is -2.50. The molecule has 1 atom stereocenters. The number of carboxylic acid groups (broad SMARTS) is 1. The molecule has 0 fully saturated rings. The number of carbonyl (C=O) groups is 1. The molecule has 0 bridgehead atoms. The second-order valence-electron chi connectivity index (χ2n) is 5.90. The Balaban J connectivity index is 2.62. The van der Waals surface area contributed by atoms with Crippen molar-refractivity contribution in [2.24, 2.45) is 0 Å². The minimum atomic E-state index is -5.22. The molecule has 0 spiro atoms. The molecule has 1 N–H and O–H groups in total. The molecule has 0 aliphatic rings. The lowest BCUT2D eigenvalue weighted by atomic mass is 9.95. The average Bonchev–Trinajstić information content (AvgIpc) is 2.61. The van der Waals surface area contributed by atoms with Gasteiger partial charge in [-0.2, -0.15) is 26.3 Å². The summed E-state index contributed by atoms with van der Waals surface area (Å²) in [7, 11) is 0. The van der Waals surface area contributed by atoms with Gasteiger partial charge in [-0.25, -0.2) is 18.0 Å². The van der Waals surface area contributed by atoms with Crippen LogP contribution in [0.3, 0.4) is 0 Å². The molecular formula is C18H8BrF9O2. The molecule has 2 aromatic carbocycles. The Labute approximate surface area is 170 Å². The van der Waals surface area contributed by atoms with E-state index in [0.717, 1.165) is 0 Å². The predicted molar refractivity (Wildman–Crippen MR) is 90.3 cm³/mol. The van der Waals surface area contributed by atoms with Gasteiger partial charge in [-0.15, -0.1) is 0 Å². The lowest BCUT2D eigenvalue weighted by Gasteiger charge is -2.19. The highest BCUT2D eigenvalue weighted by Gasteiger charge is 2.41. The van der Waals surface area contributed by atoms with Gasteiger partial charge in [0.25, 0.3) is 0 Å². The molecule has 2 aromatic rings. The van der Waals surface area contributed by atoms with Crippen molar-refractivity contribution in [3.8, 4) is 0 Å². The fraction of sp³-hybridized carbons (Fsp3) is 0.167. The van der Waals surface area contributed by atoms with Crippen molar-refractivity contribution < 1.29 is 49.4 Å². The van der Waals surface area contributed by atoms with Gasteiger partial charge < -0.3 is 5.11 Å². The molecule has 0 aliphatic heterocycles. The van der Waals surface area contributed by atoms with Crippen molar-refractivity contribution in [3.05, 3.63) is 74.8 Å². The maximum Gasteiger partial charge on any atom is 0.417 e. The Bertz CT molecular complexity index is 987. The highest BCUT2D eigenvalue weighted by atomic mass is 79.9. The smallest absolute Gasteiger partial charge is 0.417 e. The molecule has 30 heavy (non-hydrogen) atoms. The predicted octanol–water partition coefficient (Wildman–Crippen LogP) is 7.10. The van der Waals surface area contributed by atoms with Gasteiger partial charge in [-0.1, -0.05) is 6.07 Å². The van der Waals surface area contributed by atoms with Gasteiger partial charge >= 0.3 is 18.3 Å². The van der Waals surface area contributed by atoms with Gasteiger partial charge in [0.2, 0.25) is 0 Å². The minimum Gasteiger partial charge on any atom is -0.478 e. The van der Waals surface area contributed by atoms with Crippen LogP contribution in [0, 0.1) is 11.6 Å². The summed E-state index contributed by atoms with van der Waals surface area (Å²) in [5.41, 5.74) is -4.89. The molecule has 162 valence electrons. The summed E-state index contributed by atoms with van der Waals surface area (Å²) in [6.07, 6.45) is -10.6. The normalized spacial score (nSPS) is 14.0. The van der Waals surface area contributed by atoms with Crippen molar-refractivity contribution >= 4 is 27.7 Å². The molecule has 0 aliphatic carbocycles. The van der Waals surface area contributed by atoms with E-state index in [0.29, 0.717) is 18.2 Å². The Kier molecular flexibility index (Phi) is 6.60. The largest absolute Gasteiger partial charge is 0.478 e. The Morgan fingerprint density at radius 1 is 1.03 bits per heavy atom. The number of allylic oxidation sites excluding steroid dienone is 1. The molecule has 0 heterocycles. The molecule has 0 aromatic heterocycles. The number of benzene rings is 2. The lowest BCUT2D eigenvalue weighted by Crippen LogP contribution is -2.20. The summed E-state index contributed by atoms with van der Waals surface area (Å²) in [5, 5.41) is 8.81. The molecule has 12 heteroatoms. The van der Waals surface area contributed by atoms with Crippen molar-refractivity contribution in [1.82, 2.24) is 0 Å². The maximum absolute atomic E-state index is 14.4. The van der Waals surface area contributed by atoms with Gasteiger partial charge in [0.05, 0.1) is 15.6 Å².